The summed E-state index contributed by atoms with van der Waals surface area (Å²) in [5.74, 6) is 0.291. The molecule has 1 aliphatic rings. The molecule has 2 aromatic rings. The van der Waals surface area contributed by atoms with Gasteiger partial charge >= 0.3 is 0 Å². The van der Waals surface area contributed by atoms with E-state index in [-0.39, 0.29) is 10.6 Å². The third kappa shape index (κ3) is 3.38. The summed E-state index contributed by atoms with van der Waals surface area (Å²) in [6.45, 7) is 3.80. The van der Waals surface area contributed by atoms with E-state index in [1.54, 1.807) is 20.9 Å². The number of nitrogens with zero attached hydrogens (tertiary/aromatic N) is 2. The van der Waals surface area contributed by atoms with Gasteiger partial charge in [-0.05, 0) is 44.7 Å². The lowest BCUT2D eigenvalue weighted by molar-refractivity contribution is 0.301. The molecule has 130 valence electrons. The molecule has 8 heteroatoms. The molecule has 1 heterocycles. The largest absolute Gasteiger partial charge is 0.491 e. The molecule has 1 fully saturated rings. The van der Waals surface area contributed by atoms with Crippen LogP contribution < -0.4 is 9.46 Å². The van der Waals surface area contributed by atoms with Gasteiger partial charge < -0.3 is 4.74 Å². The van der Waals surface area contributed by atoms with Gasteiger partial charge in [-0.25, -0.2) is 12.8 Å². The molecule has 0 aliphatic heterocycles. The summed E-state index contributed by atoms with van der Waals surface area (Å²) in [6, 6.07) is 3.82. The van der Waals surface area contributed by atoms with E-state index < -0.39 is 15.8 Å². The molecule has 1 aliphatic carbocycles. The van der Waals surface area contributed by atoms with Crippen LogP contribution in [0.3, 0.4) is 0 Å². The van der Waals surface area contributed by atoms with E-state index in [0.29, 0.717) is 29.7 Å². The number of aryl methyl sites for hydroxylation is 2. The smallest absolute Gasteiger partial charge is 0.265 e. The van der Waals surface area contributed by atoms with E-state index >= 15 is 0 Å². The molecule has 0 radical (unpaired) electrons. The van der Waals surface area contributed by atoms with Crippen molar-refractivity contribution >= 4 is 15.7 Å². The van der Waals surface area contributed by atoms with Gasteiger partial charge in [-0.15, -0.1) is 0 Å². The van der Waals surface area contributed by atoms with Crippen molar-refractivity contribution in [2.24, 2.45) is 13.0 Å². The molecular formula is C16H20FN3O3S. The Kier molecular flexibility index (Phi) is 4.25. The first kappa shape index (κ1) is 16.8. The van der Waals surface area contributed by atoms with Crippen molar-refractivity contribution in [1.82, 2.24) is 9.78 Å². The lowest BCUT2D eigenvalue weighted by Gasteiger charge is -2.14. The molecule has 1 saturated carbocycles. The molecule has 6 nitrogen and oxygen atoms in total. The predicted molar refractivity (Wildman–Crippen MR) is 88.1 cm³/mol. The number of halogens is 1. The van der Waals surface area contributed by atoms with Gasteiger partial charge in [0.15, 0.2) is 0 Å². The fourth-order valence-electron chi connectivity index (χ4n) is 2.54. The molecule has 24 heavy (non-hydrogen) atoms. The molecule has 0 atom stereocenters. The molecule has 1 N–H and O–H groups in total. The Bertz CT molecular complexity index is 873. The highest BCUT2D eigenvalue weighted by atomic mass is 32.2. The van der Waals surface area contributed by atoms with Crippen molar-refractivity contribution in [2.45, 2.75) is 31.6 Å². The van der Waals surface area contributed by atoms with Crippen molar-refractivity contribution in [3.63, 3.8) is 0 Å². The average molecular weight is 353 g/mol. The first-order valence-corrected chi connectivity index (χ1v) is 9.21. The van der Waals surface area contributed by atoms with Crippen LogP contribution >= 0.6 is 0 Å². The van der Waals surface area contributed by atoms with Crippen LogP contribution in [-0.4, -0.2) is 24.8 Å². The molecule has 0 spiro atoms. The Morgan fingerprint density at radius 2 is 2.08 bits per heavy atom. The Labute approximate surface area is 140 Å². The number of sulfonamides is 1. The quantitative estimate of drug-likeness (QED) is 0.867. The summed E-state index contributed by atoms with van der Waals surface area (Å²) in [4.78, 5) is 0.0994. The van der Waals surface area contributed by atoms with E-state index in [4.69, 9.17) is 4.74 Å². The minimum atomic E-state index is -3.90. The molecule has 0 bridgehead atoms. The average Bonchev–Trinajstić information content (AvgIpc) is 3.25. The number of aromatic nitrogens is 2. The normalized spacial score (nSPS) is 14.7. The minimum absolute atomic E-state index is 0.0957. The second-order valence-corrected chi connectivity index (χ2v) is 7.74. The fraction of sp³-hybridized carbons (Fsp3) is 0.438. The van der Waals surface area contributed by atoms with Crippen molar-refractivity contribution in [3.05, 3.63) is 35.4 Å². The van der Waals surface area contributed by atoms with E-state index in [1.165, 1.54) is 16.8 Å². The van der Waals surface area contributed by atoms with Crippen LogP contribution in [0.5, 0.6) is 5.75 Å². The number of rotatable bonds is 6. The molecule has 0 unspecified atom stereocenters. The molecule has 0 saturated heterocycles. The van der Waals surface area contributed by atoms with Gasteiger partial charge in [0.05, 0.1) is 23.7 Å². The van der Waals surface area contributed by atoms with E-state index in [1.807, 2.05) is 0 Å². The standard InChI is InChI=1S/C16H20FN3O3S/c1-10-16(11(2)20(3)18-10)24(21,22)19-14-8-13(17)6-7-15(14)23-9-12-4-5-12/h6-8,12,19H,4-5,9H2,1-3H3. The summed E-state index contributed by atoms with van der Waals surface area (Å²) in [7, 11) is -2.22. The maximum Gasteiger partial charge on any atom is 0.265 e. The highest BCUT2D eigenvalue weighted by Crippen LogP contribution is 2.33. The van der Waals surface area contributed by atoms with Crippen LogP contribution in [0.1, 0.15) is 24.2 Å². The SMILES string of the molecule is Cc1nn(C)c(C)c1S(=O)(=O)Nc1cc(F)ccc1OCC1CC1. The number of anilines is 1. The van der Waals surface area contributed by atoms with E-state index in [2.05, 4.69) is 9.82 Å². The van der Waals surface area contributed by atoms with Crippen LogP contribution in [0.25, 0.3) is 0 Å². The van der Waals surface area contributed by atoms with Crippen molar-refractivity contribution in [1.29, 1.82) is 0 Å². The van der Waals surface area contributed by atoms with Crippen LogP contribution in [0.4, 0.5) is 10.1 Å². The molecule has 1 aromatic heterocycles. The van der Waals surface area contributed by atoms with Crippen molar-refractivity contribution in [3.8, 4) is 5.75 Å². The maximum atomic E-state index is 13.6. The monoisotopic (exact) mass is 353 g/mol. The Hall–Kier alpha value is -2.09. The van der Waals surface area contributed by atoms with Gasteiger partial charge in [0.25, 0.3) is 10.0 Å². The highest BCUT2D eigenvalue weighted by Gasteiger charge is 2.26. The van der Waals surface area contributed by atoms with E-state index in [9.17, 15) is 12.8 Å². The maximum absolute atomic E-state index is 13.6. The summed E-state index contributed by atoms with van der Waals surface area (Å²) in [5.41, 5.74) is 0.995. The zero-order valence-electron chi connectivity index (χ0n) is 13.8. The summed E-state index contributed by atoms with van der Waals surface area (Å²) < 4.78 is 48.6. The Balaban J connectivity index is 1.92. The van der Waals surface area contributed by atoms with Gasteiger partial charge in [0, 0.05) is 13.1 Å². The topological polar surface area (TPSA) is 73.2 Å². The zero-order valence-corrected chi connectivity index (χ0v) is 14.7. The third-order valence-electron chi connectivity index (χ3n) is 4.07. The predicted octanol–water partition coefficient (Wildman–Crippen LogP) is 2.77. The minimum Gasteiger partial charge on any atom is -0.491 e. The zero-order chi connectivity index (χ0) is 17.5. The van der Waals surface area contributed by atoms with Crippen LogP contribution in [0.15, 0.2) is 23.1 Å². The number of nitrogens with one attached hydrogen (secondary N) is 1. The lowest BCUT2D eigenvalue weighted by Crippen LogP contribution is -2.16. The molecule has 0 amide bonds. The van der Waals surface area contributed by atoms with Gasteiger partial charge in [-0.1, -0.05) is 0 Å². The van der Waals surface area contributed by atoms with Crippen molar-refractivity contribution in [2.75, 3.05) is 11.3 Å². The Morgan fingerprint density at radius 3 is 2.67 bits per heavy atom. The highest BCUT2D eigenvalue weighted by molar-refractivity contribution is 7.92. The summed E-state index contributed by atoms with van der Waals surface area (Å²) in [6.07, 6.45) is 2.21. The third-order valence-corrected chi connectivity index (χ3v) is 5.69. The molecule has 3 rings (SSSR count). The first-order chi connectivity index (χ1) is 11.3. The van der Waals surface area contributed by atoms with Gasteiger partial charge in [0.2, 0.25) is 0 Å². The lowest BCUT2D eigenvalue weighted by atomic mass is 10.3. The number of ether oxygens (including phenoxy) is 1. The first-order valence-electron chi connectivity index (χ1n) is 7.73. The second-order valence-electron chi connectivity index (χ2n) is 6.12. The Morgan fingerprint density at radius 1 is 1.38 bits per heavy atom. The summed E-state index contributed by atoms with van der Waals surface area (Å²) >= 11 is 0. The van der Waals surface area contributed by atoms with Crippen LogP contribution in [0.2, 0.25) is 0 Å². The van der Waals surface area contributed by atoms with Crippen LogP contribution in [0, 0.1) is 25.6 Å². The number of hydrogen-bond acceptors (Lipinski definition) is 4. The second kappa shape index (κ2) is 6.08. The van der Waals surface area contributed by atoms with Crippen LogP contribution in [-0.2, 0) is 17.1 Å². The van der Waals surface area contributed by atoms with Gasteiger partial charge in [0.1, 0.15) is 16.5 Å². The summed E-state index contributed by atoms with van der Waals surface area (Å²) in [5, 5.41) is 4.12. The van der Waals surface area contributed by atoms with Crippen molar-refractivity contribution < 1.29 is 17.5 Å². The fourth-order valence-corrected chi connectivity index (χ4v) is 4.04. The molecule has 1 aromatic carbocycles. The number of benzene rings is 1. The molecular weight excluding hydrogens is 333 g/mol. The van der Waals surface area contributed by atoms with Gasteiger partial charge in [-0.2, -0.15) is 5.10 Å². The number of hydrogen-bond donors (Lipinski definition) is 1. The van der Waals surface area contributed by atoms with E-state index in [0.717, 1.165) is 18.9 Å². The van der Waals surface area contributed by atoms with Gasteiger partial charge in [-0.3, -0.25) is 9.40 Å².